The van der Waals surface area contributed by atoms with E-state index in [1.54, 1.807) is 0 Å². The van der Waals surface area contributed by atoms with Crippen molar-refractivity contribution >= 4 is 17.9 Å². The molecular weight excluding hydrogens is 377 g/mol. The number of halogens is 3. The van der Waals surface area contributed by atoms with E-state index in [2.05, 4.69) is 25.5 Å². The van der Waals surface area contributed by atoms with Crippen LogP contribution < -0.4 is 4.74 Å². The van der Waals surface area contributed by atoms with E-state index in [0.717, 1.165) is 18.2 Å². The van der Waals surface area contributed by atoms with Crippen molar-refractivity contribution in [2.75, 3.05) is 19.8 Å². The van der Waals surface area contributed by atoms with Crippen LogP contribution in [0, 0.1) is 0 Å². The van der Waals surface area contributed by atoms with Crippen molar-refractivity contribution in [2.45, 2.75) is 12.5 Å². The molecule has 0 aliphatic heterocycles. The number of rotatable bonds is 9. The summed E-state index contributed by atoms with van der Waals surface area (Å²) in [5, 5.41) is 9.42. The van der Waals surface area contributed by atoms with Gasteiger partial charge in [-0.05, 0) is 12.1 Å². The summed E-state index contributed by atoms with van der Waals surface area (Å²) in [5.74, 6) is -3.89. The Morgan fingerprint density at radius 3 is 2.37 bits per heavy atom. The Bertz CT molecular complexity index is 686. The van der Waals surface area contributed by atoms with Gasteiger partial charge in [0.25, 0.3) is 0 Å². The molecule has 0 radical (unpaired) electrons. The highest BCUT2D eigenvalue weighted by atomic mass is 19.4. The first-order valence-electron chi connectivity index (χ1n) is 7.27. The molecule has 1 aromatic carbocycles. The summed E-state index contributed by atoms with van der Waals surface area (Å²) < 4.78 is 54.2. The van der Waals surface area contributed by atoms with Gasteiger partial charge in [-0.15, -0.1) is 13.2 Å². The number of aliphatic hydroxyl groups is 1. The molecule has 0 bridgehead atoms. The van der Waals surface area contributed by atoms with Gasteiger partial charge in [0.2, 0.25) is 0 Å². The van der Waals surface area contributed by atoms with Gasteiger partial charge in [-0.3, -0.25) is 0 Å². The fraction of sp³-hybridized carbons (Fsp3) is 0.312. The van der Waals surface area contributed by atoms with Crippen LogP contribution in [0.3, 0.4) is 0 Å². The molecule has 1 rings (SSSR count). The average molecular weight is 392 g/mol. The van der Waals surface area contributed by atoms with Crippen LogP contribution in [0.2, 0.25) is 0 Å². The Kier molecular flexibility index (Phi) is 8.27. The van der Waals surface area contributed by atoms with Crippen LogP contribution in [0.5, 0.6) is 5.75 Å². The van der Waals surface area contributed by atoms with Crippen LogP contribution in [-0.2, 0) is 23.8 Å². The van der Waals surface area contributed by atoms with Crippen molar-refractivity contribution in [1.82, 2.24) is 0 Å². The smallest absolute Gasteiger partial charge is 0.460 e. The largest absolute Gasteiger partial charge is 0.573 e. The van der Waals surface area contributed by atoms with E-state index >= 15 is 0 Å². The first-order chi connectivity index (χ1) is 12.6. The third kappa shape index (κ3) is 8.72. The van der Waals surface area contributed by atoms with Crippen molar-refractivity contribution in [3.05, 3.63) is 42.5 Å². The van der Waals surface area contributed by atoms with E-state index in [4.69, 9.17) is 0 Å². The molecule has 11 heteroatoms. The summed E-state index contributed by atoms with van der Waals surface area (Å²) in [7, 11) is 0. The molecule has 0 amide bonds. The number of aliphatic hydroxyl groups excluding tert-OH is 1. The maximum atomic E-state index is 12.3. The molecule has 1 aromatic rings. The zero-order chi connectivity index (χ0) is 20.4. The summed E-state index contributed by atoms with van der Waals surface area (Å²) in [5.41, 5.74) is -0.543. The predicted molar refractivity (Wildman–Crippen MR) is 81.5 cm³/mol. The van der Waals surface area contributed by atoms with E-state index in [9.17, 15) is 32.7 Å². The van der Waals surface area contributed by atoms with Gasteiger partial charge in [-0.25, -0.2) is 14.4 Å². The van der Waals surface area contributed by atoms with Crippen LogP contribution in [0.1, 0.15) is 10.4 Å². The molecule has 0 aliphatic carbocycles. The third-order valence-corrected chi connectivity index (χ3v) is 2.68. The van der Waals surface area contributed by atoms with Gasteiger partial charge < -0.3 is 24.1 Å². The van der Waals surface area contributed by atoms with Gasteiger partial charge in [-0.2, -0.15) is 0 Å². The van der Waals surface area contributed by atoms with Crippen LogP contribution in [0.4, 0.5) is 13.2 Å². The minimum Gasteiger partial charge on any atom is -0.460 e. The van der Waals surface area contributed by atoms with Crippen molar-refractivity contribution in [3.63, 3.8) is 0 Å². The second kappa shape index (κ2) is 10.2. The third-order valence-electron chi connectivity index (χ3n) is 2.68. The second-order valence-corrected chi connectivity index (χ2v) is 4.79. The summed E-state index contributed by atoms with van der Waals surface area (Å²) in [6.07, 6.45) is -5.46. The topological polar surface area (TPSA) is 108 Å². The number of carbonyl (C=O) groups is 3. The molecule has 1 N–H and O–H groups in total. The fourth-order valence-electron chi connectivity index (χ4n) is 1.57. The standard InChI is InChI=1S/C16H15F3O8/c1-2-13(21)24-7-10(20)8-25-14(22)9-26-15(23)11-5-3-4-6-12(11)27-16(17,18)19/h2-6,10,20H,1,7-9H2. The van der Waals surface area contributed by atoms with E-state index in [-0.39, 0.29) is 0 Å². The zero-order valence-electron chi connectivity index (χ0n) is 13.7. The summed E-state index contributed by atoms with van der Waals surface area (Å²) in [6.45, 7) is 1.21. The molecule has 0 saturated carbocycles. The number of hydrogen-bond acceptors (Lipinski definition) is 8. The number of alkyl halides is 3. The number of benzene rings is 1. The molecular formula is C16H15F3O8. The Balaban J connectivity index is 2.47. The maximum absolute atomic E-state index is 12.3. The van der Waals surface area contributed by atoms with Gasteiger partial charge in [0.15, 0.2) is 6.61 Å². The second-order valence-electron chi connectivity index (χ2n) is 4.79. The molecule has 0 aromatic heterocycles. The van der Waals surface area contributed by atoms with Gasteiger partial charge in [0.05, 0.1) is 0 Å². The number of carbonyl (C=O) groups excluding carboxylic acids is 3. The molecule has 8 nitrogen and oxygen atoms in total. The van der Waals surface area contributed by atoms with E-state index in [1.165, 1.54) is 12.1 Å². The van der Waals surface area contributed by atoms with Gasteiger partial charge in [0.1, 0.15) is 30.6 Å². The quantitative estimate of drug-likeness (QED) is 0.381. The van der Waals surface area contributed by atoms with Crippen LogP contribution >= 0.6 is 0 Å². The maximum Gasteiger partial charge on any atom is 0.573 e. The minimum absolute atomic E-state index is 0.458. The average Bonchev–Trinajstić information content (AvgIpc) is 2.61. The molecule has 0 spiro atoms. The number of esters is 3. The normalized spacial score (nSPS) is 11.9. The monoisotopic (exact) mass is 392 g/mol. The first-order valence-corrected chi connectivity index (χ1v) is 7.27. The highest BCUT2D eigenvalue weighted by molar-refractivity contribution is 5.93. The van der Waals surface area contributed by atoms with E-state index in [1.807, 2.05) is 0 Å². The number of ether oxygens (including phenoxy) is 4. The molecule has 0 saturated heterocycles. The van der Waals surface area contributed by atoms with Crippen molar-refractivity contribution < 1.29 is 51.6 Å². The van der Waals surface area contributed by atoms with Crippen molar-refractivity contribution in [2.24, 2.45) is 0 Å². The SMILES string of the molecule is C=CC(=O)OCC(O)COC(=O)COC(=O)c1ccccc1OC(F)(F)F. The molecule has 0 heterocycles. The Labute approximate surface area is 151 Å². The molecule has 0 fully saturated rings. The number of hydrogen-bond donors (Lipinski definition) is 1. The predicted octanol–water partition coefficient (Wildman–Crippen LogP) is 1.38. The van der Waals surface area contributed by atoms with E-state index in [0.29, 0.717) is 0 Å². The summed E-state index contributed by atoms with van der Waals surface area (Å²) in [6, 6.07) is 4.42. The lowest BCUT2D eigenvalue weighted by atomic mass is 10.2. The Hall–Kier alpha value is -3.08. The van der Waals surface area contributed by atoms with Crippen LogP contribution in [0.15, 0.2) is 36.9 Å². The molecule has 148 valence electrons. The molecule has 0 aliphatic rings. The Morgan fingerprint density at radius 1 is 1.11 bits per heavy atom. The van der Waals surface area contributed by atoms with Crippen molar-refractivity contribution in [3.8, 4) is 5.75 Å². The summed E-state index contributed by atoms with van der Waals surface area (Å²) >= 11 is 0. The lowest BCUT2D eigenvalue weighted by Gasteiger charge is -2.13. The molecule has 1 unspecified atom stereocenters. The minimum atomic E-state index is -5.01. The van der Waals surface area contributed by atoms with Gasteiger partial charge in [0, 0.05) is 6.08 Å². The summed E-state index contributed by atoms with van der Waals surface area (Å²) in [4.78, 5) is 34.0. The van der Waals surface area contributed by atoms with Crippen LogP contribution in [-0.4, -0.2) is 55.3 Å². The van der Waals surface area contributed by atoms with Crippen molar-refractivity contribution in [1.29, 1.82) is 0 Å². The van der Waals surface area contributed by atoms with Crippen LogP contribution in [0.25, 0.3) is 0 Å². The zero-order valence-corrected chi connectivity index (χ0v) is 13.7. The van der Waals surface area contributed by atoms with Gasteiger partial charge in [-0.1, -0.05) is 18.7 Å². The number of para-hydroxylation sites is 1. The molecule has 1 atom stereocenters. The lowest BCUT2D eigenvalue weighted by Crippen LogP contribution is -2.27. The lowest BCUT2D eigenvalue weighted by molar-refractivity contribution is -0.274. The Morgan fingerprint density at radius 2 is 1.74 bits per heavy atom. The fourth-order valence-corrected chi connectivity index (χ4v) is 1.57. The highest BCUT2D eigenvalue weighted by Crippen LogP contribution is 2.26. The van der Waals surface area contributed by atoms with Gasteiger partial charge >= 0.3 is 24.3 Å². The first kappa shape index (κ1) is 22.0. The highest BCUT2D eigenvalue weighted by Gasteiger charge is 2.33. The molecule has 27 heavy (non-hydrogen) atoms. The van der Waals surface area contributed by atoms with E-state index < -0.39 is 61.5 Å².